The summed E-state index contributed by atoms with van der Waals surface area (Å²) in [4.78, 5) is 44.9. The normalized spacial score (nSPS) is 12.7. The van der Waals surface area contributed by atoms with Gasteiger partial charge in [-0.2, -0.15) is 0 Å². The zero-order chi connectivity index (χ0) is 16.8. The zero-order valence-electron chi connectivity index (χ0n) is 12.8. The first kappa shape index (κ1) is 14.3. The topological polar surface area (TPSA) is 79.9 Å². The quantitative estimate of drug-likeness (QED) is 0.585. The third kappa shape index (κ3) is 2.02. The first-order chi connectivity index (χ1) is 11.6. The molecule has 5 nitrogen and oxygen atoms in total. The van der Waals surface area contributed by atoms with Crippen molar-refractivity contribution in [2.24, 2.45) is 0 Å². The van der Waals surface area contributed by atoms with Gasteiger partial charge in [-0.3, -0.25) is 19.4 Å². The van der Waals surface area contributed by atoms with Crippen LogP contribution in [0, 0.1) is 6.92 Å². The van der Waals surface area contributed by atoms with Crippen molar-refractivity contribution >= 4 is 11.6 Å². The summed E-state index contributed by atoms with van der Waals surface area (Å²) >= 11 is 0. The number of aryl methyl sites for hydroxylation is 1. The predicted octanol–water partition coefficient (Wildman–Crippen LogP) is 2.52. The summed E-state index contributed by atoms with van der Waals surface area (Å²) in [7, 11) is 0. The molecule has 3 aromatic rings. The Kier molecular flexibility index (Phi) is 3.03. The van der Waals surface area contributed by atoms with Crippen molar-refractivity contribution in [1.82, 2.24) is 9.97 Å². The molecule has 0 radical (unpaired) electrons. The van der Waals surface area contributed by atoms with Crippen LogP contribution in [0.2, 0.25) is 0 Å². The average molecular weight is 316 g/mol. The molecule has 1 aliphatic rings. The lowest BCUT2D eigenvalue weighted by molar-refractivity contribution is 0.0971. The van der Waals surface area contributed by atoms with Crippen LogP contribution in [0.4, 0.5) is 0 Å². The Morgan fingerprint density at radius 1 is 0.958 bits per heavy atom. The molecule has 116 valence electrons. The molecule has 0 aliphatic heterocycles. The fourth-order valence-electron chi connectivity index (χ4n) is 2.90. The van der Waals surface area contributed by atoms with Crippen molar-refractivity contribution < 1.29 is 9.59 Å². The van der Waals surface area contributed by atoms with E-state index in [-0.39, 0.29) is 28.3 Å². The minimum Gasteiger partial charge on any atom is -0.351 e. The maximum Gasteiger partial charge on any atom is 0.218 e. The number of benzene rings is 1. The predicted molar refractivity (Wildman–Crippen MR) is 88.3 cm³/mol. The smallest absolute Gasteiger partial charge is 0.218 e. The van der Waals surface area contributed by atoms with E-state index in [1.807, 2.05) is 30.3 Å². The van der Waals surface area contributed by atoms with E-state index < -0.39 is 11.2 Å². The molecule has 0 atom stereocenters. The molecule has 0 saturated carbocycles. The third-order valence-corrected chi connectivity index (χ3v) is 4.05. The number of hydrogen-bond donors (Lipinski definition) is 1. The van der Waals surface area contributed by atoms with Gasteiger partial charge >= 0.3 is 0 Å². The Hall–Kier alpha value is -3.34. The Balaban J connectivity index is 1.98. The number of carbonyl (C=O) groups is 2. The fourth-order valence-corrected chi connectivity index (χ4v) is 2.90. The minimum atomic E-state index is -0.513. The van der Waals surface area contributed by atoms with Gasteiger partial charge in [0.05, 0.1) is 11.1 Å². The maximum absolute atomic E-state index is 12.8. The highest BCUT2D eigenvalue weighted by atomic mass is 16.1. The molecule has 2 heterocycles. The Labute approximate surface area is 137 Å². The van der Waals surface area contributed by atoms with E-state index in [2.05, 4.69) is 9.97 Å². The van der Waals surface area contributed by atoms with Crippen molar-refractivity contribution in [2.45, 2.75) is 6.92 Å². The Morgan fingerprint density at radius 2 is 1.71 bits per heavy atom. The van der Waals surface area contributed by atoms with Crippen molar-refractivity contribution in [2.75, 3.05) is 0 Å². The fraction of sp³-hybridized carbons (Fsp3) is 0.0526. The molecular formula is C19H12N2O3. The number of aromatic nitrogens is 2. The number of ketones is 2. The lowest BCUT2D eigenvalue weighted by Gasteiger charge is -2.17. The second-order valence-electron chi connectivity index (χ2n) is 5.73. The van der Waals surface area contributed by atoms with Crippen molar-refractivity contribution in [3.05, 3.63) is 87.0 Å². The number of nitrogens with one attached hydrogen (secondary N) is 1. The number of rotatable bonds is 1. The van der Waals surface area contributed by atoms with Crippen LogP contribution in [-0.2, 0) is 0 Å². The van der Waals surface area contributed by atoms with Gasteiger partial charge in [-0.15, -0.1) is 0 Å². The van der Waals surface area contributed by atoms with E-state index in [0.717, 1.165) is 11.1 Å². The van der Waals surface area contributed by atoms with Crippen LogP contribution in [0.3, 0.4) is 0 Å². The monoisotopic (exact) mass is 316 g/mol. The summed E-state index contributed by atoms with van der Waals surface area (Å²) in [6.07, 6.45) is 1.52. The van der Waals surface area contributed by atoms with Gasteiger partial charge in [0.15, 0.2) is 5.43 Å². The number of carbonyl (C=O) groups excluding carboxylic acids is 2. The van der Waals surface area contributed by atoms with Crippen LogP contribution >= 0.6 is 0 Å². The molecule has 0 bridgehead atoms. The second-order valence-corrected chi connectivity index (χ2v) is 5.73. The lowest BCUT2D eigenvalue weighted by atomic mass is 9.89. The average Bonchev–Trinajstić information content (AvgIpc) is 2.59. The highest BCUT2D eigenvalue weighted by Gasteiger charge is 2.34. The van der Waals surface area contributed by atoms with E-state index in [1.165, 1.54) is 12.3 Å². The third-order valence-electron chi connectivity index (χ3n) is 4.05. The molecule has 1 N–H and O–H groups in total. The molecule has 4 rings (SSSR count). The van der Waals surface area contributed by atoms with Crippen LogP contribution in [0.25, 0.3) is 11.3 Å². The summed E-state index contributed by atoms with van der Waals surface area (Å²) < 4.78 is 0. The molecule has 0 saturated heterocycles. The van der Waals surface area contributed by atoms with Gasteiger partial charge < -0.3 is 4.98 Å². The molecule has 0 amide bonds. The molecule has 1 aliphatic carbocycles. The Bertz CT molecular complexity index is 1070. The van der Waals surface area contributed by atoms with Gasteiger partial charge in [0.1, 0.15) is 11.4 Å². The number of hydrogen-bond acceptors (Lipinski definition) is 4. The van der Waals surface area contributed by atoms with Crippen LogP contribution in [0.1, 0.15) is 37.7 Å². The molecule has 0 unspecified atom stereocenters. The largest absolute Gasteiger partial charge is 0.351 e. The molecule has 2 aromatic heterocycles. The van der Waals surface area contributed by atoms with Crippen LogP contribution in [0.5, 0.6) is 0 Å². The molecular weight excluding hydrogens is 304 g/mol. The van der Waals surface area contributed by atoms with Crippen LogP contribution < -0.4 is 5.43 Å². The summed E-state index contributed by atoms with van der Waals surface area (Å²) in [5.74, 6) is -0.897. The van der Waals surface area contributed by atoms with E-state index >= 15 is 0 Å². The van der Waals surface area contributed by atoms with E-state index in [4.69, 9.17) is 0 Å². The number of aromatic amines is 1. The summed E-state index contributed by atoms with van der Waals surface area (Å²) in [6.45, 7) is 1.80. The second kappa shape index (κ2) is 5.09. The highest BCUT2D eigenvalue weighted by molar-refractivity contribution is 6.27. The van der Waals surface area contributed by atoms with E-state index in [1.54, 1.807) is 13.0 Å². The zero-order valence-corrected chi connectivity index (χ0v) is 12.8. The van der Waals surface area contributed by atoms with Crippen molar-refractivity contribution in [3.63, 3.8) is 0 Å². The molecule has 1 aromatic carbocycles. The molecule has 0 spiro atoms. The highest BCUT2D eigenvalue weighted by Crippen LogP contribution is 2.25. The number of fused-ring (bicyclic) bond motifs is 2. The summed E-state index contributed by atoms with van der Waals surface area (Å²) in [5, 5.41) is 0. The number of nitrogens with zero attached hydrogens (tertiary/aromatic N) is 1. The van der Waals surface area contributed by atoms with Crippen LogP contribution in [-0.4, -0.2) is 21.5 Å². The number of H-pyrrole nitrogens is 1. The van der Waals surface area contributed by atoms with Crippen molar-refractivity contribution in [1.29, 1.82) is 0 Å². The SMILES string of the molecule is Cc1cnc2c(c1)C(=O)c1[nH]c(-c3ccccc3)cc(=O)c1C2=O. The van der Waals surface area contributed by atoms with Gasteiger partial charge in [0, 0.05) is 18.0 Å². The van der Waals surface area contributed by atoms with Gasteiger partial charge in [0.25, 0.3) is 0 Å². The number of pyridine rings is 2. The summed E-state index contributed by atoms with van der Waals surface area (Å²) in [6, 6.07) is 12.2. The van der Waals surface area contributed by atoms with E-state index in [9.17, 15) is 14.4 Å². The Morgan fingerprint density at radius 3 is 2.46 bits per heavy atom. The standard InChI is InChI=1S/C19H12N2O3/c1-10-7-12-16(20-9-10)19(24)15-14(22)8-13(21-17(15)18(12)23)11-5-3-2-4-6-11/h2-9H,1H3,(H,21,22). The van der Waals surface area contributed by atoms with Crippen LogP contribution in [0.15, 0.2) is 53.5 Å². The van der Waals surface area contributed by atoms with Gasteiger partial charge in [0.2, 0.25) is 11.6 Å². The van der Waals surface area contributed by atoms with Gasteiger partial charge in [-0.05, 0) is 24.1 Å². The minimum absolute atomic E-state index is 0.0336. The lowest BCUT2D eigenvalue weighted by Crippen LogP contribution is -2.30. The maximum atomic E-state index is 12.8. The molecule has 5 heteroatoms. The van der Waals surface area contributed by atoms with Crippen molar-refractivity contribution in [3.8, 4) is 11.3 Å². The summed E-state index contributed by atoms with van der Waals surface area (Å²) in [5.41, 5.74) is 1.74. The first-order valence-electron chi connectivity index (χ1n) is 7.45. The van der Waals surface area contributed by atoms with Gasteiger partial charge in [-0.1, -0.05) is 30.3 Å². The molecule has 0 fully saturated rings. The first-order valence-corrected chi connectivity index (χ1v) is 7.45. The van der Waals surface area contributed by atoms with E-state index in [0.29, 0.717) is 5.69 Å². The van der Waals surface area contributed by atoms with Gasteiger partial charge in [-0.25, -0.2) is 0 Å². The molecule has 24 heavy (non-hydrogen) atoms.